The van der Waals surface area contributed by atoms with Crippen LogP contribution in [-0.4, -0.2) is 31.1 Å². The summed E-state index contributed by atoms with van der Waals surface area (Å²) in [5.74, 6) is -0.124. The first-order valence-electron chi connectivity index (χ1n) is 10.6. The number of hydrogen-bond acceptors (Lipinski definition) is 5. The van der Waals surface area contributed by atoms with Crippen LogP contribution in [0.5, 0.6) is 5.75 Å². The van der Waals surface area contributed by atoms with E-state index >= 15 is 4.39 Å². The summed E-state index contributed by atoms with van der Waals surface area (Å²) < 4.78 is 24.4. The van der Waals surface area contributed by atoms with Crippen LogP contribution in [0.2, 0.25) is 0 Å². The monoisotopic (exact) mass is 452 g/mol. The van der Waals surface area contributed by atoms with E-state index in [9.17, 15) is 14.7 Å². The summed E-state index contributed by atoms with van der Waals surface area (Å²) in [5, 5.41) is 14.3. The van der Waals surface area contributed by atoms with Gasteiger partial charge in [0.2, 0.25) is 0 Å². The van der Waals surface area contributed by atoms with E-state index in [-0.39, 0.29) is 29.4 Å². The fourth-order valence-electron chi connectivity index (χ4n) is 4.03. The number of halogens is 1. The minimum atomic E-state index is -0.764. The molecule has 2 heterocycles. The molecule has 0 saturated carbocycles. The summed E-state index contributed by atoms with van der Waals surface area (Å²) in [6.45, 7) is 5.50. The zero-order valence-electron chi connectivity index (χ0n) is 18.9. The van der Waals surface area contributed by atoms with Crippen molar-refractivity contribution in [1.29, 1.82) is 0 Å². The number of ether oxygens (including phenoxy) is 1. The number of benzene rings is 2. The van der Waals surface area contributed by atoms with Crippen molar-refractivity contribution in [3.63, 3.8) is 0 Å². The Bertz CT molecular complexity index is 1470. The van der Waals surface area contributed by atoms with Gasteiger partial charge in [-0.1, -0.05) is 26.0 Å². The van der Waals surface area contributed by atoms with Crippen molar-refractivity contribution in [2.45, 2.75) is 39.8 Å². The molecule has 0 aliphatic rings. The molecule has 0 aliphatic carbocycles. The van der Waals surface area contributed by atoms with Crippen LogP contribution >= 0.6 is 0 Å². The highest BCUT2D eigenvalue weighted by atomic mass is 19.1. The molecule has 0 saturated heterocycles. The van der Waals surface area contributed by atoms with Crippen LogP contribution in [-0.2, 0) is 13.2 Å². The zero-order chi connectivity index (χ0) is 23.9. The molecule has 1 N–H and O–H groups in total. The quantitative estimate of drug-likeness (QED) is 0.485. The van der Waals surface area contributed by atoms with Crippen molar-refractivity contribution in [3.05, 3.63) is 80.6 Å². The maximum absolute atomic E-state index is 15.3. The van der Waals surface area contributed by atoms with Gasteiger partial charge < -0.3 is 9.84 Å². The number of rotatable bonds is 6. The van der Waals surface area contributed by atoms with Gasteiger partial charge in [0.05, 0.1) is 18.2 Å². The second-order valence-corrected chi connectivity index (χ2v) is 7.95. The Morgan fingerprint density at radius 1 is 1.12 bits per heavy atom. The molecular formula is C24H25FN4O4. The van der Waals surface area contributed by atoms with Gasteiger partial charge in [0.1, 0.15) is 23.9 Å². The Kier molecular flexibility index (Phi) is 5.90. The molecule has 9 heteroatoms. The molecule has 0 fully saturated rings. The van der Waals surface area contributed by atoms with Gasteiger partial charge in [-0.05, 0) is 48.1 Å². The average molecular weight is 452 g/mol. The van der Waals surface area contributed by atoms with E-state index < -0.39 is 23.7 Å². The number of aliphatic hydroxyl groups is 1. The van der Waals surface area contributed by atoms with E-state index in [2.05, 4.69) is 5.10 Å². The van der Waals surface area contributed by atoms with Gasteiger partial charge in [-0.3, -0.25) is 13.9 Å². The summed E-state index contributed by atoms with van der Waals surface area (Å²) >= 11 is 0. The highest BCUT2D eigenvalue weighted by Gasteiger charge is 2.21. The number of methoxy groups -OCH3 is 1. The Morgan fingerprint density at radius 2 is 1.85 bits per heavy atom. The topological polar surface area (TPSA) is 91.3 Å². The van der Waals surface area contributed by atoms with Crippen molar-refractivity contribution >= 4 is 10.8 Å². The molecule has 0 spiro atoms. The highest BCUT2D eigenvalue weighted by Crippen LogP contribution is 2.29. The molecule has 2 aromatic heterocycles. The van der Waals surface area contributed by atoms with Crippen molar-refractivity contribution < 1.29 is 14.2 Å². The summed E-state index contributed by atoms with van der Waals surface area (Å²) in [7, 11) is 1.52. The van der Waals surface area contributed by atoms with E-state index in [1.165, 1.54) is 22.3 Å². The van der Waals surface area contributed by atoms with E-state index in [1.54, 1.807) is 37.4 Å². The van der Waals surface area contributed by atoms with Gasteiger partial charge in [-0.2, -0.15) is 4.68 Å². The van der Waals surface area contributed by atoms with Gasteiger partial charge in [0.25, 0.3) is 5.56 Å². The van der Waals surface area contributed by atoms with Gasteiger partial charge in [0.15, 0.2) is 5.82 Å². The van der Waals surface area contributed by atoms with Crippen LogP contribution in [0.15, 0.2) is 52.2 Å². The molecule has 4 rings (SSSR count). The molecule has 0 radical (unpaired) electrons. The number of fused-ring (bicyclic) bond motifs is 1. The molecule has 0 unspecified atom stereocenters. The van der Waals surface area contributed by atoms with Crippen molar-refractivity contribution in [2.75, 3.05) is 7.11 Å². The van der Waals surface area contributed by atoms with Crippen LogP contribution in [0.25, 0.3) is 22.1 Å². The number of hydrogen-bond donors (Lipinski definition) is 1. The third kappa shape index (κ3) is 3.64. The predicted octanol–water partition coefficient (Wildman–Crippen LogP) is 3.12. The summed E-state index contributed by atoms with van der Waals surface area (Å²) in [4.78, 5) is 26.2. The molecule has 0 bridgehead atoms. The number of pyridine rings is 1. The van der Waals surface area contributed by atoms with E-state index in [4.69, 9.17) is 4.74 Å². The van der Waals surface area contributed by atoms with Gasteiger partial charge in [0, 0.05) is 12.7 Å². The third-order valence-electron chi connectivity index (χ3n) is 5.71. The van der Waals surface area contributed by atoms with E-state index in [1.807, 2.05) is 13.8 Å². The largest absolute Gasteiger partial charge is 0.495 e. The summed E-state index contributed by atoms with van der Waals surface area (Å²) in [6.07, 6.45) is 1.72. The lowest BCUT2D eigenvalue weighted by molar-refractivity contribution is 0.264. The molecule has 0 amide bonds. The normalized spacial score (nSPS) is 11.5. The number of nitrogens with zero attached hydrogens (tertiary/aromatic N) is 4. The zero-order valence-corrected chi connectivity index (χ0v) is 18.9. The molecule has 33 heavy (non-hydrogen) atoms. The van der Waals surface area contributed by atoms with Crippen molar-refractivity contribution in [3.8, 4) is 17.1 Å². The molecule has 8 nitrogen and oxygen atoms in total. The second-order valence-electron chi connectivity index (χ2n) is 7.95. The smallest absolute Gasteiger partial charge is 0.350 e. The summed E-state index contributed by atoms with van der Waals surface area (Å²) in [6, 6.07) is 9.72. The molecule has 0 atom stereocenters. The average Bonchev–Trinajstić information content (AvgIpc) is 3.14. The first-order valence-corrected chi connectivity index (χ1v) is 10.6. The maximum atomic E-state index is 15.3. The van der Waals surface area contributed by atoms with Crippen LogP contribution in [0, 0.1) is 5.82 Å². The van der Waals surface area contributed by atoms with E-state index in [0.717, 1.165) is 16.3 Å². The fourth-order valence-corrected chi connectivity index (χ4v) is 4.03. The first-order chi connectivity index (χ1) is 15.8. The standard InChI is InChI=1S/C24H25FN4O4/c1-5-27-22(13-30)26-29(24(27)32)20-11-15-16(10-18(20)25)23(31)28(12-17(15)14(2)3)19-8-6-7-9-21(19)33-4/h6-12,14,30H,5,13H2,1-4H3. The lowest BCUT2D eigenvalue weighted by Crippen LogP contribution is -2.25. The van der Waals surface area contributed by atoms with Crippen LogP contribution < -0.4 is 16.0 Å². The van der Waals surface area contributed by atoms with Crippen molar-refractivity contribution in [1.82, 2.24) is 18.9 Å². The Hall–Kier alpha value is -3.72. The van der Waals surface area contributed by atoms with Crippen molar-refractivity contribution in [2.24, 2.45) is 0 Å². The maximum Gasteiger partial charge on any atom is 0.350 e. The number of aliphatic hydroxyl groups excluding tert-OH is 1. The lowest BCUT2D eigenvalue weighted by Gasteiger charge is -2.17. The molecule has 0 aliphatic heterocycles. The van der Waals surface area contributed by atoms with Gasteiger partial charge >= 0.3 is 5.69 Å². The van der Waals surface area contributed by atoms with Crippen LogP contribution in [0.3, 0.4) is 0 Å². The fraction of sp³-hybridized carbons (Fsp3) is 0.292. The first kappa shape index (κ1) is 22.5. The minimum Gasteiger partial charge on any atom is -0.495 e. The second kappa shape index (κ2) is 8.67. The minimum absolute atomic E-state index is 0.00899. The molecule has 4 aromatic rings. The molecule has 2 aromatic carbocycles. The van der Waals surface area contributed by atoms with Crippen LogP contribution in [0.4, 0.5) is 4.39 Å². The Labute approximate surface area is 189 Å². The third-order valence-corrected chi connectivity index (χ3v) is 5.71. The molecule has 172 valence electrons. The SMILES string of the molecule is CCn1c(CO)nn(-c2cc3c(C(C)C)cn(-c4ccccc4OC)c(=O)c3cc2F)c1=O. The Morgan fingerprint density at radius 3 is 2.45 bits per heavy atom. The predicted molar refractivity (Wildman–Crippen MR) is 123 cm³/mol. The number of aromatic nitrogens is 4. The highest BCUT2D eigenvalue weighted by molar-refractivity contribution is 5.87. The lowest BCUT2D eigenvalue weighted by atomic mass is 9.97. The van der Waals surface area contributed by atoms with Crippen LogP contribution in [0.1, 0.15) is 38.1 Å². The van der Waals surface area contributed by atoms with Gasteiger partial charge in [-0.15, -0.1) is 5.10 Å². The number of para-hydroxylation sites is 2. The van der Waals surface area contributed by atoms with E-state index in [0.29, 0.717) is 16.8 Å². The molecular weight excluding hydrogens is 427 g/mol. The van der Waals surface area contributed by atoms with Gasteiger partial charge in [-0.25, -0.2) is 9.18 Å². The summed E-state index contributed by atoms with van der Waals surface area (Å²) in [5.41, 5.74) is 0.289. The Balaban J connectivity index is 2.05.